The molecule has 9 nitrogen and oxygen atoms in total. The molecule has 3 heterocycles. The standard InChI is InChI=1S/C34H34N6O3/c1-3-29(42)38-27-21-25(11-14-28(27)40-19-17-39(2)18-20-40)30-31-33(35-16-15-23-9-12-26(41)13-10-23)36-22-37-34(31)43-32(30)24-7-5-4-6-8-24/h3-14,21-22,41H,1,15-20H2,2H3,(H,38,42)(H,35,36,37). The molecule has 9 heteroatoms. The van der Waals surface area contributed by atoms with Crippen LogP contribution in [0.15, 0.2) is 96.2 Å². The van der Waals surface area contributed by atoms with Crippen LogP contribution in [0.1, 0.15) is 5.56 Å². The molecular formula is C34H34N6O3. The highest BCUT2D eigenvalue weighted by Crippen LogP contribution is 2.44. The number of anilines is 3. The van der Waals surface area contributed by atoms with Crippen LogP contribution in [0.4, 0.5) is 17.2 Å². The zero-order valence-electron chi connectivity index (χ0n) is 24.1. The second-order valence-corrected chi connectivity index (χ2v) is 10.6. The first kappa shape index (κ1) is 28.0. The van der Waals surface area contributed by atoms with Gasteiger partial charge in [-0.25, -0.2) is 9.97 Å². The highest BCUT2D eigenvalue weighted by atomic mass is 16.3. The molecule has 0 unspecified atom stereocenters. The number of hydrogen-bond acceptors (Lipinski definition) is 8. The molecule has 0 saturated carbocycles. The fourth-order valence-corrected chi connectivity index (χ4v) is 5.42. The first-order valence-electron chi connectivity index (χ1n) is 14.4. The van der Waals surface area contributed by atoms with Gasteiger partial charge in [-0.15, -0.1) is 0 Å². The van der Waals surface area contributed by atoms with E-state index in [0.717, 1.165) is 65.9 Å². The number of hydrogen-bond donors (Lipinski definition) is 3. The van der Waals surface area contributed by atoms with E-state index in [9.17, 15) is 9.90 Å². The van der Waals surface area contributed by atoms with Gasteiger partial charge in [0.05, 0.1) is 16.8 Å². The van der Waals surface area contributed by atoms with E-state index in [2.05, 4.69) is 56.2 Å². The van der Waals surface area contributed by atoms with Crippen LogP contribution in [0.3, 0.4) is 0 Å². The number of nitrogens with zero attached hydrogens (tertiary/aromatic N) is 4. The minimum atomic E-state index is -0.271. The first-order valence-corrected chi connectivity index (χ1v) is 14.4. The Hall–Kier alpha value is -5.15. The van der Waals surface area contributed by atoms with Crippen molar-refractivity contribution in [1.29, 1.82) is 0 Å². The van der Waals surface area contributed by atoms with E-state index in [1.807, 2.05) is 48.5 Å². The van der Waals surface area contributed by atoms with Crippen LogP contribution in [0.2, 0.25) is 0 Å². The largest absolute Gasteiger partial charge is 0.508 e. The highest BCUT2D eigenvalue weighted by Gasteiger charge is 2.24. The van der Waals surface area contributed by atoms with Gasteiger partial charge in [-0.05, 0) is 54.9 Å². The van der Waals surface area contributed by atoms with Gasteiger partial charge < -0.3 is 30.0 Å². The predicted molar refractivity (Wildman–Crippen MR) is 172 cm³/mol. The van der Waals surface area contributed by atoms with E-state index in [-0.39, 0.29) is 11.7 Å². The second-order valence-electron chi connectivity index (χ2n) is 10.6. The molecule has 218 valence electrons. The topological polar surface area (TPSA) is 107 Å². The van der Waals surface area contributed by atoms with Crippen molar-refractivity contribution in [3.05, 3.63) is 97.3 Å². The third-order valence-electron chi connectivity index (χ3n) is 7.74. The van der Waals surface area contributed by atoms with Crippen molar-refractivity contribution in [2.75, 3.05) is 55.3 Å². The lowest BCUT2D eigenvalue weighted by Crippen LogP contribution is -2.44. The summed E-state index contributed by atoms with van der Waals surface area (Å²) in [5.74, 6) is 1.30. The maximum atomic E-state index is 12.6. The zero-order valence-corrected chi connectivity index (χ0v) is 24.1. The van der Waals surface area contributed by atoms with Crippen molar-refractivity contribution < 1.29 is 14.3 Å². The van der Waals surface area contributed by atoms with Crippen LogP contribution in [0.25, 0.3) is 33.6 Å². The Bertz CT molecular complexity index is 1740. The van der Waals surface area contributed by atoms with Crippen molar-refractivity contribution in [3.8, 4) is 28.2 Å². The Balaban J connectivity index is 1.45. The van der Waals surface area contributed by atoms with Crippen LogP contribution >= 0.6 is 0 Å². The summed E-state index contributed by atoms with van der Waals surface area (Å²) in [6.07, 6.45) is 3.52. The maximum Gasteiger partial charge on any atom is 0.247 e. The van der Waals surface area contributed by atoms with Gasteiger partial charge in [0.25, 0.3) is 0 Å². The van der Waals surface area contributed by atoms with Crippen LogP contribution in [-0.4, -0.2) is 65.7 Å². The molecule has 0 aliphatic carbocycles. The van der Waals surface area contributed by atoms with E-state index in [1.54, 1.807) is 12.1 Å². The molecule has 1 amide bonds. The smallest absolute Gasteiger partial charge is 0.247 e. The Morgan fingerprint density at radius 3 is 2.51 bits per heavy atom. The first-order chi connectivity index (χ1) is 21.0. The summed E-state index contributed by atoms with van der Waals surface area (Å²) in [6.45, 7) is 7.88. The van der Waals surface area contributed by atoms with Crippen molar-refractivity contribution in [2.24, 2.45) is 0 Å². The summed E-state index contributed by atoms with van der Waals surface area (Å²) >= 11 is 0. The number of furan rings is 1. The van der Waals surface area contributed by atoms with E-state index < -0.39 is 0 Å². The molecule has 5 aromatic rings. The Morgan fingerprint density at radius 1 is 1.00 bits per heavy atom. The average Bonchev–Trinajstić information content (AvgIpc) is 3.43. The lowest BCUT2D eigenvalue weighted by molar-refractivity contribution is -0.111. The summed E-state index contributed by atoms with van der Waals surface area (Å²) in [7, 11) is 2.12. The molecule has 1 aliphatic heterocycles. The number of phenolic OH excluding ortho intramolecular Hbond substituents is 1. The van der Waals surface area contributed by atoms with Gasteiger partial charge in [0.2, 0.25) is 11.6 Å². The number of nitrogens with one attached hydrogen (secondary N) is 2. The van der Waals surface area contributed by atoms with Gasteiger partial charge in [0.15, 0.2) is 0 Å². The van der Waals surface area contributed by atoms with Crippen LogP contribution in [0, 0.1) is 0 Å². The predicted octanol–water partition coefficient (Wildman–Crippen LogP) is 5.79. The fraction of sp³-hybridized carbons (Fsp3) is 0.206. The summed E-state index contributed by atoms with van der Waals surface area (Å²) in [6, 6.07) is 23.2. The fourth-order valence-electron chi connectivity index (χ4n) is 5.42. The molecule has 1 aliphatic rings. The number of phenols is 1. The van der Waals surface area contributed by atoms with Crippen molar-refractivity contribution in [3.63, 3.8) is 0 Å². The molecule has 0 spiro atoms. The van der Waals surface area contributed by atoms with E-state index in [1.165, 1.54) is 12.4 Å². The molecule has 3 N–H and O–H groups in total. The number of likely N-dealkylation sites (N-methyl/N-ethyl adjacent to an activating group) is 1. The van der Waals surface area contributed by atoms with Gasteiger partial charge in [-0.1, -0.05) is 55.1 Å². The van der Waals surface area contributed by atoms with Gasteiger partial charge >= 0.3 is 0 Å². The lowest BCUT2D eigenvalue weighted by Gasteiger charge is -2.35. The summed E-state index contributed by atoms with van der Waals surface area (Å²) < 4.78 is 6.42. The van der Waals surface area contributed by atoms with Gasteiger partial charge in [0, 0.05) is 43.9 Å². The SMILES string of the molecule is C=CC(=O)Nc1cc(-c2c(-c3ccccc3)oc3ncnc(NCCc4ccc(O)cc4)c23)ccc1N1CCN(C)CC1. The molecule has 43 heavy (non-hydrogen) atoms. The molecule has 0 atom stereocenters. The zero-order chi connectivity index (χ0) is 29.8. The number of aromatic nitrogens is 2. The Kier molecular flexibility index (Phi) is 8.06. The molecule has 0 bridgehead atoms. The molecular weight excluding hydrogens is 540 g/mol. The monoisotopic (exact) mass is 574 g/mol. The Labute approximate surface area is 250 Å². The number of amides is 1. The van der Waals surface area contributed by atoms with Gasteiger partial charge in [-0.3, -0.25) is 4.79 Å². The van der Waals surface area contributed by atoms with Gasteiger partial charge in [0.1, 0.15) is 23.7 Å². The Morgan fingerprint density at radius 2 is 1.77 bits per heavy atom. The molecule has 3 aromatic carbocycles. The van der Waals surface area contributed by atoms with Crippen molar-refractivity contribution in [1.82, 2.24) is 14.9 Å². The van der Waals surface area contributed by atoms with Crippen LogP contribution in [-0.2, 0) is 11.2 Å². The molecule has 1 saturated heterocycles. The summed E-state index contributed by atoms with van der Waals surface area (Å²) in [5, 5.41) is 16.9. The second kappa shape index (κ2) is 12.4. The normalized spacial score (nSPS) is 13.7. The van der Waals surface area contributed by atoms with Crippen LogP contribution in [0.5, 0.6) is 5.75 Å². The lowest BCUT2D eigenvalue weighted by atomic mass is 9.98. The number of rotatable bonds is 9. The van der Waals surface area contributed by atoms with Gasteiger partial charge in [-0.2, -0.15) is 0 Å². The number of aromatic hydroxyl groups is 1. The minimum absolute atomic E-state index is 0.244. The van der Waals surface area contributed by atoms with E-state index >= 15 is 0 Å². The maximum absolute atomic E-state index is 12.6. The molecule has 2 aromatic heterocycles. The highest BCUT2D eigenvalue weighted by molar-refractivity contribution is 6.08. The number of benzene rings is 3. The quantitative estimate of drug-likeness (QED) is 0.190. The molecule has 1 fully saturated rings. The minimum Gasteiger partial charge on any atom is -0.508 e. The van der Waals surface area contributed by atoms with E-state index in [0.29, 0.717) is 29.5 Å². The number of carbonyl (C=O) groups excluding carboxylic acids is 1. The van der Waals surface area contributed by atoms with Crippen molar-refractivity contribution in [2.45, 2.75) is 6.42 Å². The van der Waals surface area contributed by atoms with Crippen LogP contribution < -0.4 is 15.5 Å². The average molecular weight is 575 g/mol. The summed E-state index contributed by atoms with van der Waals surface area (Å²) in [4.78, 5) is 26.3. The number of carbonyl (C=O) groups is 1. The molecule has 6 rings (SSSR count). The number of fused-ring (bicyclic) bond motifs is 1. The third-order valence-corrected chi connectivity index (χ3v) is 7.74. The number of piperazine rings is 1. The summed E-state index contributed by atoms with van der Waals surface area (Å²) in [5.41, 5.74) is 5.85. The third kappa shape index (κ3) is 6.07. The molecule has 0 radical (unpaired) electrons. The van der Waals surface area contributed by atoms with E-state index in [4.69, 9.17) is 4.42 Å². The van der Waals surface area contributed by atoms with Crippen molar-refractivity contribution >= 4 is 34.2 Å².